The maximum absolute atomic E-state index is 12.1. The summed E-state index contributed by atoms with van der Waals surface area (Å²) in [6.45, 7) is 0.0339. The molecule has 0 saturated heterocycles. The number of aromatic nitrogens is 1. The molecule has 0 saturated carbocycles. The van der Waals surface area contributed by atoms with Crippen LogP contribution in [0.25, 0.3) is 0 Å². The van der Waals surface area contributed by atoms with Crippen LogP contribution in [-0.2, 0) is 4.79 Å². The summed E-state index contributed by atoms with van der Waals surface area (Å²) in [5, 5.41) is 2.78. The molecule has 0 spiro atoms. The molecule has 1 aromatic carbocycles. The lowest BCUT2D eigenvalue weighted by Crippen LogP contribution is -2.35. The van der Waals surface area contributed by atoms with Gasteiger partial charge in [0.1, 0.15) is 5.75 Å². The quantitative estimate of drug-likeness (QED) is 0.920. The number of benzene rings is 1. The van der Waals surface area contributed by atoms with Crippen molar-refractivity contribution in [1.29, 1.82) is 0 Å². The van der Waals surface area contributed by atoms with Gasteiger partial charge in [0.05, 0.1) is 5.69 Å². The number of nitrogens with zero attached hydrogens (tertiary/aromatic N) is 2. The topological polar surface area (TPSA) is 71.5 Å². The van der Waals surface area contributed by atoms with Crippen molar-refractivity contribution in [3.63, 3.8) is 0 Å². The molecule has 2 amide bonds. The summed E-state index contributed by atoms with van der Waals surface area (Å²) >= 11 is 0. The number of amides is 2. The Balaban J connectivity index is 0.00000176. The Bertz CT molecular complexity index is 706. The lowest BCUT2D eigenvalue weighted by atomic mass is 10.2. The van der Waals surface area contributed by atoms with Gasteiger partial charge in [-0.15, -0.1) is 12.4 Å². The molecular formula is C15H14ClN3O3. The number of anilines is 2. The van der Waals surface area contributed by atoms with Gasteiger partial charge in [-0.25, -0.2) is 0 Å². The Morgan fingerprint density at radius 2 is 2.00 bits per heavy atom. The van der Waals surface area contributed by atoms with Crippen molar-refractivity contribution < 1.29 is 14.3 Å². The minimum absolute atomic E-state index is 0. The van der Waals surface area contributed by atoms with E-state index >= 15 is 0 Å². The van der Waals surface area contributed by atoms with E-state index in [9.17, 15) is 9.59 Å². The highest BCUT2D eigenvalue weighted by Gasteiger charge is 2.22. The summed E-state index contributed by atoms with van der Waals surface area (Å²) in [5.74, 6) is 0.266. The zero-order chi connectivity index (χ0) is 14.8. The van der Waals surface area contributed by atoms with Crippen LogP contribution in [0.15, 0.2) is 42.7 Å². The van der Waals surface area contributed by atoms with E-state index in [4.69, 9.17) is 4.74 Å². The van der Waals surface area contributed by atoms with Crippen molar-refractivity contribution >= 4 is 35.6 Å². The second-order valence-corrected chi connectivity index (χ2v) is 4.61. The van der Waals surface area contributed by atoms with Crippen molar-refractivity contribution in [2.45, 2.75) is 0 Å². The molecule has 0 aliphatic carbocycles. The largest absolute Gasteiger partial charge is 0.482 e. The lowest BCUT2D eigenvalue weighted by molar-refractivity contribution is -0.120. The van der Waals surface area contributed by atoms with Crippen LogP contribution in [-0.4, -0.2) is 30.5 Å². The summed E-state index contributed by atoms with van der Waals surface area (Å²) in [6.07, 6.45) is 3.12. The first-order chi connectivity index (χ1) is 10.1. The molecule has 0 atom stereocenters. The molecule has 1 N–H and O–H groups in total. The van der Waals surface area contributed by atoms with E-state index in [0.29, 0.717) is 22.7 Å². The van der Waals surface area contributed by atoms with E-state index in [-0.39, 0.29) is 30.8 Å². The normalized spacial score (nSPS) is 12.8. The van der Waals surface area contributed by atoms with Crippen molar-refractivity contribution in [1.82, 2.24) is 4.98 Å². The van der Waals surface area contributed by atoms with E-state index in [1.807, 2.05) is 0 Å². The summed E-state index contributed by atoms with van der Waals surface area (Å²) in [7, 11) is 1.68. The lowest BCUT2D eigenvalue weighted by Gasteiger charge is -2.26. The van der Waals surface area contributed by atoms with Crippen LogP contribution in [0.3, 0.4) is 0 Å². The SMILES string of the molecule is CN1C(=O)COc2ccc(NC(=O)c3ccncc3)cc21.Cl. The van der Waals surface area contributed by atoms with Crippen LogP contribution in [0.4, 0.5) is 11.4 Å². The number of hydrogen-bond acceptors (Lipinski definition) is 4. The number of carbonyl (C=O) groups excluding carboxylic acids is 2. The molecule has 6 nitrogen and oxygen atoms in total. The molecule has 2 heterocycles. The van der Waals surface area contributed by atoms with Gasteiger partial charge >= 0.3 is 0 Å². The monoisotopic (exact) mass is 319 g/mol. The smallest absolute Gasteiger partial charge is 0.264 e. The molecule has 3 rings (SSSR count). The molecule has 0 radical (unpaired) electrons. The van der Waals surface area contributed by atoms with E-state index in [2.05, 4.69) is 10.3 Å². The van der Waals surface area contributed by atoms with Gasteiger partial charge < -0.3 is 15.0 Å². The average Bonchev–Trinajstić information content (AvgIpc) is 2.52. The Morgan fingerprint density at radius 1 is 1.27 bits per heavy atom. The van der Waals surface area contributed by atoms with Crippen LogP contribution >= 0.6 is 12.4 Å². The highest BCUT2D eigenvalue weighted by atomic mass is 35.5. The standard InChI is InChI=1S/C15H13N3O3.ClH/c1-18-12-8-11(2-3-13(12)21-9-14(18)19)17-15(20)10-4-6-16-7-5-10;/h2-8H,9H2,1H3,(H,17,20);1H. The van der Waals surface area contributed by atoms with E-state index < -0.39 is 0 Å². The van der Waals surface area contributed by atoms with E-state index in [1.165, 1.54) is 4.90 Å². The molecule has 7 heteroatoms. The van der Waals surface area contributed by atoms with E-state index in [0.717, 1.165) is 0 Å². The van der Waals surface area contributed by atoms with Gasteiger partial charge in [0.2, 0.25) is 0 Å². The van der Waals surface area contributed by atoms with Crippen LogP contribution in [0.2, 0.25) is 0 Å². The van der Waals surface area contributed by atoms with Crippen LogP contribution < -0.4 is 15.0 Å². The number of ether oxygens (including phenoxy) is 1. The Hall–Kier alpha value is -2.60. The molecule has 22 heavy (non-hydrogen) atoms. The fourth-order valence-corrected chi connectivity index (χ4v) is 2.06. The van der Waals surface area contributed by atoms with Crippen molar-refractivity contribution in [3.05, 3.63) is 48.3 Å². The fourth-order valence-electron chi connectivity index (χ4n) is 2.06. The minimum Gasteiger partial charge on any atom is -0.482 e. The first kappa shape index (κ1) is 15.8. The Morgan fingerprint density at radius 3 is 2.73 bits per heavy atom. The maximum atomic E-state index is 12.1. The Kier molecular flexibility index (Phi) is 4.62. The van der Waals surface area contributed by atoms with E-state index in [1.54, 1.807) is 49.8 Å². The second-order valence-electron chi connectivity index (χ2n) is 4.61. The number of fused-ring (bicyclic) bond motifs is 1. The fraction of sp³-hybridized carbons (Fsp3) is 0.133. The first-order valence-corrected chi connectivity index (χ1v) is 6.40. The third-order valence-corrected chi connectivity index (χ3v) is 3.25. The average molecular weight is 320 g/mol. The zero-order valence-electron chi connectivity index (χ0n) is 11.8. The summed E-state index contributed by atoms with van der Waals surface area (Å²) in [5.41, 5.74) is 1.75. The first-order valence-electron chi connectivity index (χ1n) is 6.40. The molecule has 1 aliphatic rings. The predicted molar refractivity (Wildman–Crippen MR) is 84.8 cm³/mol. The molecule has 1 aromatic heterocycles. The van der Waals surface area contributed by atoms with Crippen LogP contribution in [0.1, 0.15) is 10.4 Å². The minimum atomic E-state index is -0.233. The number of rotatable bonds is 2. The van der Waals surface area contributed by atoms with Gasteiger partial charge in [-0.05, 0) is 30.3 Å². The summed E-state index contributed by atoms with van der Waals surface area (Å²) in [4.78, 5) is 29.1. The highest BCUT2D eigenvalue weighted by Crippen LogP contribution is 2.33. The summed E-state index contributed by atoms with van der Waals surface area (Å²) in [6, 6.07) is 8.45. The number of pyridine rings is 1. The molecular weight excluding hydrogens is 306 g/mol. The van der Waals surface area contributed by atoms with Gasteiger partial charge in [-0.3, -0.25) is 14.6 Å². The maximum Gasteiger partial charge on any atom is 0.264 e. The third kappa shape index (κ3) is 3.01. The van der Waals surface area contributed by atoms with Crippen molar-refractivity contribution in [2.24, 2.45) is 0 Å². The van der Waals surface area contributed by atoms with Gasteiger partial charge in [0.25, 0.3) is 11.8 Å². The van der Waals surface area contributed by atoms with Gasteiger partial charge in [-0.2, -0.15) is 0 Å². The van der Waals surface area contributed by atoms with Crippen molar-refractivity contribution in [2.75, 3.05) is 23.9 Å². The van der Waals surface area contributed by atoms with Gasteiger partial charge in [0.15, 0.2) is 6.61 Å². The van der Waals surface area contributed by atoms with Crippen LogP contribution in [0.5, 0.6) is 5.75 Å². The Labute approximate surface area is 133 Å². The predicted octanol–water partition coefficient (Wildman–Crippen LogP) is 2.11. The van der Waals surface area contributed by atoms with Gasteiger partial charge in [-0.1, -0.05) is 0 Å². The summed E-state index contributed by atoms with van der Waals surface area (Å²) < 4.78 is 5.34. The number of hydrogen-bond donors (Lipinski definition) is 1. The molecule has 0 bridgehead atoms. The molecule has 2 aromatic rings. The highest BCUT2D eigenvalue weighted by molar-refractivity contribution is 6.05. The number of carbonyl (C=O) groups is 2. The molecule has 1 aliphatic heterocycles. The third-order valence-electron chi connectivity index (χ3n) is 3.25. The number of likely N-dealkylation sites (N-methyl/N-ethyl adjacent to an activating group) is 1. The second kappa shape index (κ2) is 6.44. The molecule has 114 valence electrons. The number of nitrogens with one attached hydrogen (secondary N) is 1. The zero-order valence-corrected chi connectivity index (χ0v) is 12.6. The van der Waals surface area contributed by atoms with Crippen LogP contribution in [0, 0.1) is 0 Å². The number of halogens is 1. The molecule has 0 unspecified atom stereocenters. The van der Waals surface area contributed by atoms with Gasteiger partial charge in [0, 0.05) is 30.7 Å². The molecule has 0 fully saturated rings. The van der Waals surface area contributed by atoms with Crippen molar-refractivity contribution in [3.8, 4) is 5.75 Å².